The van der Waals surface area contributed by atoms with Crippen molar-refractivity contribution < 1.29 is 4.79 Å². The fraction of sp³-hybridized carbons (Fsp3) is 0.933. The van der Waals surface area contributed by atoms with Gasteiger partial charge in [-0.05, 0) is 37.6 Å². The summed E-state index contributed by atoms with van der Waals surface area (Å²) < 4.78 is 0. The van der Waals surface area contributed by atoms with Crippen LogP contribution >= 0.6 is 12.4 Å². The number of hydrogen-bond acceptors (Lipinski definition) is 2. The van der Waals surface area contributed by atoms with Crippen LogP contribution < -0.4 is 11.1 Å². The summed E-state index contributed by atoms with van der Waals surface area (Å²) in [4.78, 5) is 12.1. The minimum atomic E-state index is 0. The maximum Gasteiger partial charge on any atom is 0.220 e. The maximum absolute atomic E-state index is 12.1. The summed E-state index contributed by atoms with van der Waals surface area (Å²) in [5.41, 5.74) is 6.00. The third-order valence-corrected chi connectivity index (χ3v) is 4.77. The molecule has 0 heterocycles. The molecule has 0 bridgehead atoms. The topological polar surface area (TPSA) is 55.1 Å². The minimum absolute atomic E-state index is 0. The van der Waals surface area contributed by atoms with Crippen molar-refractivity contribution in [1.29, 1.82) is 0 Å². The van der Waals surface area contributed by atoms with Crippen molar-refractivity contribution in [2.45, 2.75) is 71.8 Å². The summed E-state index contributed by atoms with van der Waals surface area (Å²) in [6, 6.07) is 0.265. The molecule has 0 radical (unpaired) electrons. The standard InChI is InChI=1S/C15H30N2O.ClH/c1-4-12(2)13(3)17-14(18)10-15(11-16)8-6-5-7-9-15;/h12-13H,4-11,16H2,1-3H3,(H,17,18);1H. The lowest BCUT2D eigenvalue weighted by Gasteiger charge is -2.36. The summed E-state index contributed by atoms with van der Waals surface area (Å²) in [7, 11) is 0. The Balaban J connectivity index is 0.00000324. The zero-order valence-electron chi connectivity index (χ0n) is 12.7. The van der Waals surface area contributed by atoms with E-state index in [1.54, 1.807) is 0 Å². The van der Waals surface area contributed by atoms with Crippen LogP contribution in [0.1, 0.15) is 65.7 Å². The molecule has 19 heavy (non-hydrogen) atoms. The fourth-order valence-corrected chi connectivity index (χ4v) is 2.90. The van der Waals surface area contributed by atoms with Gasteiger partial charge in [0.05, 0.1) is 0 Å². The summed E-state index contributed by atoms with van der Waals surface area (Å²) in [5, 5.41) is 3.14. The van der Waals surface area contributed by atoms with Crippen LogP contribution in [-0.4, -0.2) is 18.5 Å². The van der Waals surface area contributed by atoms with E-state index in [1.807, 2.05) is 0 Å². The molecule has 3 N–H and O–H groups in total. The summed E-state index contributed by atoms with van der Waals surface area (Å²) in [6.07, 6.45) is 7.71. The number of rotatable bonds is 6. The second kappa shape index (κ2) is 8.80. The Labute approximate surface area is 124 Å². The van der Waals surface area contributed by atoms with Gasteiger partial charge in [0, 0.05) is 12.5 Å². The molecule has 4 heteroatoms. The lowest BCUT2D eigenvalue weighted by atomic mass is 9.71. The highest BCUT2D eigenvalue weighted by Crippen LogP contribution is 2.38. The van der Waals surface area contributed by atoms with Gasteiger partial charge < -0.3 is 11.1 Å². The Morgan fingerprint density at radius 3 is 2.32 bits per heavy atom. The maximum atomic E-state index is 12.1. The third-order valence-electron chi connectivity index (χ3n) is 4.77. The van der Waals surface area contributed by atoms with Crippen LogP contribution in [-0.2, 0) is 4.79 Å². The Morgan fingerprint density at radius 1 is 1.26 bits per heavy atom. The van der Waals surface area contributed by atoms with E-state index >= 15 is 0 Å². The molecule has 0 aromatic rings. The Hall–Kier alpha value is -0.280. The number of nitrogens with two attached hydrogens (primary N) is 1. The van der Waals surface area contributed by atoms with Gasteiger partial charge in [0.2, 0.25) is 5.91 Å². The lowest BCUT2D eigenvalue weighted by Crippen LogP contribution is -2.42. The Bertz CT molecular complexity index is 265. The molecule has 1 rings (SSSR count). The largest absolute Gasteiger partial charge is 0.353 e. The van der Waals surface area contributed by atoms with E-state index < -0.39 is 0 Å². The van der Waals surface area contributed by atoms with E-state index in [1.165, 1.54) is 19.3 Å². The second-order valence-electron chi connectivity index (χ2n) is 6.18. The smallest absolute Gasteiger partial charge is 0.220 e. The van der Waals surface area contributed by atoms with E-state index in [9.17, 15) is 4.79 Å². The molecule has 0 aliphatic heterocycles. The number of carbonyl (C=O) groups excluding carboxylic acids is 1. The normalized spacial score (nSPS) is 21.1. The quantitative estimate of drug-likeness (QED) is 0.789. The van der Waals surface area contributed by atoms with Crippen LogP contribution in [0.15, 0.2) is 0 Å². The number of carbonyl (C=O) groups is 1. The van der Waals surface area contributed by atoms with Crippen molar-refractivity contribution in [2.24, 2.45) is 17.1 Å². The second-order valence-corrected chi connectivity index (χ2v) is 6.18. The van der Waals surface area contributed by atoms with Gasteiger partial charge in [-0.2, -0.15) is 0 Å². The molecule has 0 aromatic carbocycles. The van der Waals surface area contributed by atoms with Crippen molar-refractivity contribution in [3.05, 3.63) is 0 Å². The molecule has 1 saturated carbocycles. The zero-order valence-corrected chi connectivity index (χ0v) is 13.5. The number of halogens is 1. The van der Waals surface area contributed by atoms with Crippen LogP contribution in [0.5, 0.6) is 0 Å². The van der Waals surface area contributed by atoms with Crippen molar-refractivity contribution >= 4 is 18.3 Å². The monoisotopic (exact) mass is 290 g/mol. The highest BCUT2D eigenvalue weighted by molar-refractivity contribution is 5.85. The SMILES string of the molecule is CCC(C)C(C)NC(=O)CC1(CN)CCCCC1.Cl. The molecule has 3 nitrogen and oxygen atoms in total. The Morgan fingerprint density at radius 2 is 1.84 bits per heavy atom. The minimum Gasteiger partial charge on any atom is -0.353 e. The van der Waals surface area contributed by atoms with Gasteiger partial charge in [-0.25, -0.2) is 0 Å². The number of hydrogen-bond donors (Lipinski definition) is 2. The third kappa shape index (κ3) is 5.70. The first-order chi connectivity index (χ1) is 8.53. The zero-order chi connectivity index (χ0) is 13.6. The predicted molar refractivity (Wildman–Crippen MR) is 83.5 cm³/mol. The number of nitrogens with one attached hydrogen (secondary N) is 1. The molecule has 0 spiro atoms. The van der Waals surface area contributed by atoms with E-state index in [4.69, 9.17) is 5.73 Å². The van der Waals surface area contributed by atoms with E-state index in [0.29, 0.717) is 18.9 Å². The van der Waals surface area contributed by atoms with E-state index in [2.05, 4.69) is 26.1 Å². The number of amides is 1. The molecule has 1 fully saturated rings. The predicted octanol–water partition coefficient (Wildman–Crippen LogP) is 3.26. The fourth-order valence-electron chi connectivity index (χ4n) is 2.90. The molecule has 0 aromatic heterocycles. The molecule has 1 aliphatic carbocycles. The summed E-state index contributed by atoms with van der Waals surface area (Å²) in [6.45, 7) is 7.10. The Kier molecular flexibility index (Phi) is 8.67. The van der Waals surface area contributed by atoms with Crippen LogP contribution in [0.2, 0.25) is 0 Å². The molecular weight excluding hydrogens is 260 g/mol. The molecule has 114 valence electrons. The highest BCUT2D eigenvalue weighted by atomic mass is 35.5. The first-order valence-corrected chi connectivity index (χ1v) is 7.52. The van der Waals surface area contributed by atoms with Crippen molar-refractivity contribution in [3.8, 4) is 0 Å². The van der Waals surface area contributed by atoms with Crippen LogP contribution in [0.4, 0.5) is 0 Å². The van der Waals surface area contributed by atoms with Gasteiger partial charge in [-0.1, -0.05) is 39.5 Å². The van der Waals surface area contributed by atoms with Gasteiger partial charge in [0.1, 0.15) is 0 Å². The molecular formula is C15H31ClN2O. The first-order valence-electron chi connectivity index (χ1n) is 7.52. The van der Waals surface area contributed by atoms with E-state index in [-0.39, 0.29) is 29.8 Å². The van der Waals surface area contributed by atoms with Gasteiger partial charge in [-0.15, -0.1) is 12.4 Å². The first kappa shape index (κ1) is 18.7. The van der Waals surface area contributed by atoms with Crippen molar-refractivity contribution in [1.82, 2.24) is 5.32 Å². The molecule has 2 atom stereocenters. The van der Waals surface area contributed by atoms with Gasteiger partial charge in [0.15, 0.2) is 0 Å². The molecule has 0 saturated heterocycles. The van der Waals surface area contributed by atoms with Crippen molar-refractivity contribution in [2.75, 3.05) is 6.54 Å². The van der Waals surface area contributed by atoms with Gasteiger partial charge >= 0.3 is 0 Å². The van der Waals surface area contributed by atoms with E-state index in [0.717, 1.165) is 19.3 Å². The lowest BCUT2D eigenvalue weighted by molar-refractivity contribution is -0.124. The summed E-state index contributed by atoms with van der Waals surface area (Å²) >= 11 is 0. The highest BCUT2D eigenvalue weighted by Gasteiger charge is 2.33. The van der Waals surface area contributed by atoms with Crippen LogP contribution in [0.3, 0.4) is 0 Å². The average Bonchev–Trinajstić information content (AvgIpc) is 2.38. The van der Waals surface area contributed by atoms with Crippen molar-refractivity contribution in [3.63, 3.8) is 0 Å². The van der Waals surface area contributed by atoms with Gasteiger partial charge in [0.25, 0.3) is 0 Å². The van der Waals surface area contributed by atoms with Crippen LogP contribution in [0.25, 0.3) is 0 Å². The average molecular weight is 291 g/mol. The van der Waals surface area contributed by atoms with Crippen LogP contribution in [0, 0.1) is 11.3 Å². The summed E-state index contributed by atoms with van der Waals surface area (Å²) in [5.74, 6) is 0.726. The molecule has 1 amide bonds. The van der Waals surface area contributed by atoms with Gasteiger partial charge in [-0.3, -0.25) is 4.79 Å². The molecule has 2 unspecified atom stereocenters. The molecule has 1 aliphatic rings.